The summed E-state index contributed by atoms with van der Waals surface area (Å²) in [5.74, 6) is -0.964. The molecule has 1 amide bonds. The quantitative estimate of drug-likeness (QED) is 0.504. The molecule has 0 saturated heterocycles. The van der Waals surface area contributed by atoms with Crippen molar-refractivity contribution in [3.63, 3.8) is 0 Å². The number of rotatable bonds is 6. The third-order valence-corrected chi connectivity index (χ3v) is 3.09. The van der Waals surface area contributed by atoms with E-state index in [2.05, 4.69) is 5.32 Å². The number of nitrogens with zero attached hydrogens (tertiary/aromatic N) is 1. The van der Waals surface area contributed by atoms with Gasteiger partial charge in [-0.1, -0.05) is 23.7 Å². The summed E-state index contributed by atoms with van der Waals surface area (Å²) in [7, 11) is 0. The largest absolute Gasteiger partial charge is 0.433 e. The van der Waals surface area contributed by atoms with Crippen molar-refractivity contribution in [1.29, 1.82) is 0 Å². The van der Waals surface area contributed by atoms with Crippen LogP contribution in [0.1, 0.15) is 22.5 Å². The molecule has 6 nitrogen and oxygen atoms in total. The first-order chi connectivity index (χ1) is 10.1. The molecule has 21 heavy (non-hydrogen) atoms. The van der Waals surface area contributed by atoms with Crippen LogP contribution in [0.15, 0.2) is 40.8 Å². The van der Waals surface area contributed by atoms with Gasteiger partial charge in [-0.15, -0.1) is 0 Å². The highest BCUT2D eigenvalue weighted by Crippen LogP contribution is 2.15. The van der Waals surface area contributed by atoms with Crippen molar-refractivity contribution in [3.05, 3.63) is 62.9 Å². The number of carbonyl (C=O) groups is 1. The molecule has 0 aliphatic carbocycles. The van der Waals surface area contributed by atoms with E-state index in [1.54, 1.807) is 0 Å². The number of halogens is 1. The van der Waals surface area contributed by atoms with Gasteiger partial charge in [-0.05, 0) is 36.6 Å². The molecule has 0 aliphatic rings. The molecule has 0 unspecified atom stereocenters. The van der Waals surface area contributed by atoms with E-state index < -0.39 is 16.7 Å². The SMILES string of the molecule is O=C(NCCCc1ccc(Cl)cc1)c1ccc([N+](=O)[O-])o1. The highest BCUT2D eigenvalue weighted by Gasteiger charge is 2.16. The number of hydrogen-bond acceptors (Lipinski definition) is 4. The average Bonchev–Trinajstić information content (AvgIpc) is 2.95. The zero-order chi connectivity index (χ0) is 15.2. The highest BCUT2D eigenvalue weighted by molar-refractivity contribution is 6.30. The van der Waals surface area contributed by atoms with Crippen LogP contribution in [0.2, 0.25) is 5.02 Å². The number of nitro groups is 1. The minimum absolute atomic E-state index is 0.0619. The monoisotopic (exact) mass is 308 g/mol. The number of amides is 1. The maximum absolute atomic E-state index is 11.7. The smallest absolute Gasteiger partial charge is 0.395 e. The van der Waals surface area contributed by atoms with Crippen LogP contribution < -0.4 is 5.32 Å². The second kappa shape index (κ2) is 6.90. The first kappa shape index (κ1) is 15.1. The molecule has 7 heteroatoms. The molecular weight excluding hydrogens is 296 g/mol. The van der Waals surface area contributed by atoms with E-state index in [1.165, 1.54) is 6.07 Å². The van der Waals surface area contributed by atoms with Crippen molar-refractivity contribution in [3.8, 4) is 0 Å². The summed E-state index contributed by atoms with van der Waals surface area (Å²) in [6.45, 7) is 0.454. The Morgan fingerprint density at radius 3 is 2.57 bits per heavy atom. The summed E-state index contributed by atoms with van der Waals surface area (Å²) in [6.07, 6.45) is 1.55. The first-order valence-electron chi connectivity index (χ1n) is 6.33. The molecule has 2 rings (SSSR count). The van der Waals surface area contributed by atoms with Gasteiger partial charge in [0.1, 0.15) is 4.92 Å². The summed E-state index contributed by atoms with van der Waals surface area (Å²) in [6, 6.07) is 9.93. The molecule has 0 atom stereocenters. The van der Waals surface area contributed by atoms with Crippen molar-refractivity contribution in [2.24, 2.45) is 0 Å². The maximum Gasteiger partial charge on any atom is 0.433 e. The number of carbonyl (C=O) groups excluding carboxylic acids is 1. The second-order valence-electron chi connectivity index (χ2n) is 4.38. The zero-order valence-corrected chi connectivity index (χ0v) is 11.8. The fourth-order valence-corrected chi connectivity index (χ4v) is 1.91. The fourth-order valence-electron chi connectivity index (χ4n) is 1.78. The molecule has 1 heterocycles. The second-order valence-corrected chi connectivity index (χ2v) is 4.82. The summed E-state index contributed by atoms with van der Waals surface area (Å²) in [5, 5.41) is 13.8. The van der Waals surface area contributed by atoms with Crippen LogP contribution >= 0.6 is 11.6 Å². The van der Waals surface area contributed by atoms with Crippen LogP contribution in [0.25, 0.3) is 0 Å². The van der Waals surface area contributed by atoms with Gasteiger partial charge in [0.05, 0.1) is 6.07 Å². The molecule has 0 saturated carbocycles. The molecule has 0 spiro atoms. The molecule has 0 bridgehead atoms. The van der Waals surface area contributed by atoms with Gasteiger partial charge >= 0.3 is 5.88 Å². The van der Waals surface area contributed by atoms with E-state index in [4.69, 9.17) is 16.0 Å². The van der Waals surface area contributed by atoms with Crippen LogP contribution in [0, 0.1) is 10.1 Å². The third-order valence-electron chi connectivity index (χ3n) is 2.84. The van der Waals surface area contributed by atoms with E-state index in [-0.39, 0.29) is 5.76 Å². The van der Waals surface area contributed by atoms with Gasteiger partial charge in [-0.25, -0.2) is 0 Å². The predicted molar refractivity (Wildman–Crippen MR) is 77.5 cm³/mol. The predicted octanol–water partition coefficient (Wildman–Crippen LogP) is 3.20. The Labute approximate surface area is 125 Å². The van der Waals surface area contributed by atoms with Crippen LogP contribution in [0.5, 0.6) is 0 Å². The molecule has 0 fully saturated rings. The van der Waals surface area contributed by atoms with E-state index in [9.17, 15) is 14.9 Å². The third kappa shape index (κ3) is 4.32. The van der Waals surface area contributed by atoms with Crippen molar-refractivity contribution in [1.82, 2.24) is 5.32 Å². The maximum atomic E-state index is 11.7. The first-order valence-corrected chi connectivity index (χ1v) is 6.71. The van der Waals surface area contributed by atoms with Crippen LogP contribution in [-0.2, 0) is 6.42 Å². The van der Waals surface area contributed by atoms with Crippen molar-refractivity contribution in [2.75, 3.05) is 6.54 Å². The van der Waals surface area contributed by atoms with Gasteiger partial charge in [-0.2, -0.15) is 0 Å². The topological polar surface area (TPSA) is 85.4 Å². The molecule has 0 radical (unpaired) electrons. The van der Waals surface area contributed by atoms with E-state index in [0.29, 0.717) is 11.6 Å². The van der Waals surface area contributed by atoms with Crippen LogP contribution in [0.3, 0.4) is 0 Å². The van der Waals surface area contributed by atoms with E-state index in [0.717, 1.165) is 24.5 Å². The van der Waals surface area contributed by atoms with Gasteiger partial charge in [0, 0.05) is 11.6 Å². The van der Waals surface area contributed by atoms with Gasteiger partial charge in [-0.3, -0.25) is 14.9 Å². The summed E-state index contributed by atoms with van der Waals surface area (Å²) >= 11 is 5.79. The lowest BCUT2D eigenvalue weighted by molar-refractivity contribution is -0.402. The van der Waals surface area contributed by atoms with Gasteiger partial charge < -0.3 is 9.73 Å². The van der Waals surface area contributed by atoms with Gasteiger partial charge in [0.25, 0.3) is 5.91 Å². The van der Waals surface area contributed by atoms with Gasteiger partial charge in [0.15, 0.2) is 5.76 Å². The van der Waals surface area contributed by atoms with Gasteiger partial charge in [0.2, 0.25) is 0 Å². The van der Waals surface area contributed by atoms with E-state index in [1.807, 2.05) is 24.3 Å². The Kier molecular flexibility index (Phi) is 4.94. The molecular formula is C14H13ClN2O4. The molecule has 2 aromatic rings. The summed E-state index contributed by atoms with van der Waals surface area (Å²) in [5.41, 5.74) is 1.13. The average molecular weight is 309 g/mol. The Balaban J connectivity index is 1.76. The standard InChI is InChI=1S/C14H13ClN2O4/c15-11-5-3-10(4-6-11)2-1-9-16-14(18)12-7-8-13(21-12)17(19)20/h3-8H,1-2,9H2,(H,16,18). The fraction of sp³-hybridized carbons (Fsp3) is 0.214. The number of nitrogens with one attached hydrogen (secondary N) is 1. The minimum atomic E-state index is -0.683. The Morgan fingerprint density at radius 1 is 1.24 bits per heavy atom. The minimum Gasteiger partial charge on any atom is -0.395 e. The number of hydrogen-bond donors (Lipinski definition) is 1. The van der Waals surface area contributed by atoms with E-state index >= 15 is 0 Å². The number of aryl methyl sites for hydroxylation is 1. The Hall–Kier alpha value is -2.34. The normalized spacial score (nSPS) is 10.3. The zero-order valence-electron chi connectivity index (χ0n) is 11.0. The van der Waals surface area contributed by atoms with Crippen molar-refractivity contribution >= 4 is 23.4 Å². The lowest BCUT2D eigenvalue weighted by Gasteiger charge is -2.03. The van der Waals surface area contributed by atoms with Crippen molar-refractivity contribution < 1.29 is 14.1 Å². The summed E-state index contributed by atoms with van der Waals surface area (Å²) in [4.78, 5) is 21.5. The van der Waals surface area contributed by atoms with Crippen LogP contribution in [-0.4, -0.2) is 17.4 Å². The van der Waals surface area contributed by atoms with Crippen molar-refractivity contribution in [2.45, 2.75) is 12.8 Å². The van der Waals surface area contributed by atoms with Crippen LogP contribution in [0.4, 0.5) is 5.88 Å². The molecule has 0 aliphatic heterocycles. The Morgan fingerprint density at radius 2 is 1.95 bits per heavy atom. The lowest BCUT2D eigenvalue weighted by Crippen LogP contribution is -2.24. The molecule has 110 valence electrons. The number of furan rings is 1. The number of benzene rings is 1. The molecule has 1 N–H and O–H groups in total. The highest BCUT2D eigenvalue weighted by atomic mass is 35.5. The lowest BCUT2D eigenvalue weighted by atomic mass is 10.1. The molecule has 1 aromatic heterocycles. The Bertz CT molecular complexity index is 637. The summed E-state index contributed by atoms with van der Waals surface area (Å²) < 4.78 is 4.81. The molecule has 1 aromatic carbocycles.